The van der Waals surface area contributed by atoms with E-state index in [0.29, 0.717) is 0 Å². The van der Waals surface area contributed by atoms with Gasteiger partial charge in [-0.1, -0.05) is 0 Å². The molecule has 0 aliphatic heterocycles. The predicted molar refractivity (Wildman–Crippen MR) is 21.5 cm³/mol. The third kappa shape index (κ3) is 668. The van der Waals surface area contributed by atoms with Gasteiger partial charge < -0.3 is 25.6 Å². The molecule has 0 aromatic rings. The Labute approximate surface area is 55.9 Å². The molecule has 0 aliphatic rings. The summed E-state index contributed by atoms with van der Waals surface area (Å²) >= 11 is 0. The topological polar surface area (TPSA) is 141 Å². The van der Waals surface area contributed by atoms with Gasteiger partial charge >= 0.3 is 7.82 Å². The Bertz CT molecular complexity index is 54.7. The minimum absolute atomic E-state index is 0. The second-order valence-electron chi connectivity index (χ2n) is 0.513. The van der Waals surface area contributed by atoms with Gasteiger partial charge in [-0.15, -0.1) is 0 Å². The summed E-state index contributed by atoms with van der Waals surface area (Å²) in [5.74, 6) is 0. The fourth-order valence-electron chi connectivity index (χ4n) is 0. The van der Waals surface area contributed by atoms with Crippen molar-refractivity contribution in [2.45, 2.75) is 0 Å². The number of rotatable bonds is 0. The molecule has 7 N–H and O–H groups in total. The summed E-state index contributed by atoms with van der Waals surface area (Å²) in [6, 6.07) is 0. The molecule has 0 unspecified atom stereocenters. The van der Waals surface area contributed by atoms with E-state index < -0.39 is 7.82 Å². The molecule has 1 radical (unpaired) electrons. The molecule has 0 fully saturated rings. The molecule has 0 saturated carbocycles. The van der Waals surface area contributed by atoms with Gasteiger partial charge in [0.2, 0.25) is 0 Å². The molecule has 6 nitrogen and oxygen atoms in total. The van der Waals surface area contributed by atoms with Crippen LogP contribution in [0.4, 0.5) is 0 Å². The molecule has 0 bridgehead atoms. The Balaban J connectivity index is -0.0000000267. The van der Waals surface area contributed by atoms with Crippen LogP contribution in [0.5, 0.6) is 0 Å². The van der Waals surface area contributed by atoms with Crippen LogP contribution < -0.4 is 0 Å². The van der Waals surface area contributed by atoms with Gasteiger partial charge in [-0.2, -0.15) is 0 Å². The first-order valence-corrected chi connectivity index (χ1v) is 2.35. The van der Waals surface area contributed by atoms with Gasteiger partial charge in [0.1, 0.15) is 0 Å². The third-order valence-corrected chi connectivity index (χ3v) is 0. The van der Waals surface area contributed by atoms with E-state index in [1.165, 1.54) is 0 Å². The first-order valence-electron chi connectivity index (χ1n) is 0.783. The van der Waals surface area contributed by atoms with E-state index in [4.69, 9.17) is 19.2 Å². The SMILES string of the molecule is O.O.O=P(O)(O)O.[Mn]. The Morgan fingerprint density at radius 1 is 1.00 bits per heavy atom. The summed E-state index contributed by atoms with van der Waals surface area (Å²) in [4.78, 5) is 21.6. The van der Waals surface area contributed by atoms with Crippen LogP contribution in [0.3, 0.4) is 0 Å². The van der Waals surface area contributed by atoms with Crippen molar-refractivity contribution in [2.75, 3.05) is 0 Å². The van der Waals surface area contributed by atoms with Crippen molar-refractivity contribution in [3.63, 3.8) is 0 Å². The van der Waals surface area contributed by atoms with Gasteiger partial charge in [-0.3, -0.25) is 0 Å². The number of phosphoric acid groups is 1. The van der Waals surface area contributed by atoms with Crippen LogP contribution in [-0.2, 0) is 21.6 Å². The van der Waals surface area contributed by atoms with Crippen molar-refractivity contribution in [2.24, 2.45) is 0 Å². The van der Waals surface area contributed by atoms with Crippen molar-refractivity contribution in [1.82, 2.24) is 0 Å². The Morgan fingerprint density at radius 3 is 1.00 bits per heavy atom. The molecular weight excluding hydrogens is 182 g/mol. The maximum absolute atomic E-state index is 8.88. The summed E-state index contributed by atoms with van der Waals surface area (Å²) in [6.07, 6.45) is 0. The van der Waals surface area contributed by atoms with E-state index in [2.05, 4.69) is 0 Å². The van der Waals surface area contributed by atoms with Crippen LogP contribution in [0, 0.1) is 0 Å². The summed E-state index contributed by atoms with van der Waals surface area (Å²) in [5, 5.41) is 0. The van der Waals surface area contributed by atoms with Crippen LogP contribution in [0.25, 0.3) is 0 Å². The van der Waals surface area contributed by atoms with Crippen molar-refractivity contribution in [1.29, 1.82) is 0 Å². The molecule has 8 heteroatoms. The van der Waals surface area contributed by atoms with Crippen LogP contribution in [0.15, 0.2) is 0 Å². The Kier molecular flexibility index (Phi) is 22.2. The zero-order valence-electron chi connectivity index (χ0n) is 3.58. The average molecular weight is 189 g/mol. The van der Waals surface area contributed by atoms with Crippen LogP contribution >= 0.6 is 7.82 Å². The van der Waals surface area contributed by atoms with E-state index in [9.17, 15) is 0 Å². The van der Waals surface area contributed by atoms with Crippen molar-refractivity contribution in [3.05, 3.63) is 0 Å². The molecule has 0 aromatic heterocycles. The van der Waals surface area contributed by atoms with Gasteiger partial charge in [-0.25, -0.2) is 4.57 Å². The summed E-state index contributed by atoms with van der Waals surface area (Å²) < 4.78 is 8.88. The summed E-state index contributed by atoms with van der Waals surface area (Å²) in [5.41, 5.74) is 0. The minimum atomic E-state index is -4.64. The van der Waals surface area contributed by atoms with E-state index in [1.54, 1.807) is 0 Å². The molecule has 0 rings (SSSR count). The van der Waals surface area contributed by atoms with E-state index >= 15 is 0 Å². The van der Waals surface area contributed by atoms with Gasteiger partial charge in [0.05, 0.1) is 0 Å². The second kappa shape index (κ2) is 7.55. The fraction of sp³-hybridized carbons (Fsp3) is 0. The number of hydrogen-bond acceptors (Lipinski definition) is 1. The monoisotopic (exact) mass is 189 g/mol. The summed E-state index contributed by atoms with van der Waals surface area (Å²) in [6.45, 7) is 0. The van der Waals surface area contributed by atoms with E-state index in [1.807, 2.05) is 0 Å². The van der Waals surface area contributed by atoms with Gasteiger partial charge in [0, 0.05) is 17.1 Å². The molecule has 0 heterocycles. The molecule has 0 amide bonds. The summed E-state index contributed by atoms with van der Waals surface area (Å²) in [7, 11) is -4.64. The molecule has 0 spiro atoms. The molecule has 8 heavy (non-hydrogen) atoms. The van der Waals surface area contributed by atoms with Gasteiger partial charge in [0.15, 0.2) is 0 Å². The zero-order valence-corrected chi connectivity index (χ0v) is 5.65. The first-order chi connectivity index (χ1) is 2.00. The largest absolute Gasteiger partial charge is 0.466 e. The fourth-order valence-corrected chi connectivity index (χ4v) is 0. The van der Waals surface area contributed by atoms with Gasteiger partial charge in [-0.05, 0) is 0 Å². The Hall–Kier alpha value is 0.549. The molecule has 55 valence electrons. The smallest absolute Gasteiger partial charge is 0.412 e. The van der Waals surface area contributed by atoms with Crippen molar-refractivity contribution >= 4 is 7.82 Å². The second-order valence-corrected chi connectivity index (χ2v) is 1.54. The third-order valence-electron chi connectivity index (χ3n) is 0. The minimum Gasteiger partial charge on any atom is -0.412 e. The van der Waals surface area contributed by atoms with E-state index in [0.717, 1.165) is 0 Å². The zero-order chi connectivity index (χ0) is 4.50. The Morgan fingerprint density at radius 2 is 1.00 bits per heavy atom. The molecular formula is H7MnO6P. The maximum Gasteiger partial charge on any atom is 0.466 e. The molecule has 0 aliphatic carbocycles. The molecule has 0 atom stereocenters. The predicted octanol–water partition coefficient (Wildman–Crippen LogP) is -2.58. The first kappa shape index (κ1) is 23.5. The molecule has 0 saturated heterocycles. The van der Waals surface area contributed by atoms with Gasteiger partial charge in [0.25, 0.3) is 0 Å². The number of hydrogen-bond donors (Lipinski definition) is 3. The van der Waals surface area contributed by atoms with Crippen molar-refractivity contribution in [3.8, 4) is 0 Å². The van der Waals surface area contributed by atoms with E-state index in [-0.39, 0.29) is 28.0 Å². The average Bonchev–Trinajstić information content (AvgIpc) is 0.722. The standard InChI is InChI=1S/Mn.H3O4P.2H2O/c;1-5(2,3)4;;/h;(H3,1,2,3,4);2*1H2. The van der Waals surface area contributed by atoms with Crippen molar-refractivity contribution < 1.29 is 47.3 Å². The van der Waals surface area contributed by atoms with Crippen LogP contribution in [-0.4, -0.2) is 25.6 Å². The van der Waals surface area contributed by atoms with Crippen LogP contribution in [0.2, 0.25) is 0 Å². The molecule has 0 aromatic carbocycles. The quantitative estimate of drug-likeness (QED) is 0.284. The van der Waals surface area contributed by atoms with Crippen LogP contribution in [0.1, 0.15) is 0 Å². The normalized spacial score (nSPS) is 7.38. The maximum atomic E-state index is 8.88.